The summed E-state index contributed by atoms with van der Waals surface area (Å²) in [7, 11) is 0.448. The minimum atomic E-state index is -3.47. The van der Waals surface area contributed by atoms with E-state index in [2.05, 4.69) is 4.99 Å². The maximum absolute atomic E-state index is 12.9. The Balaban J connectivity index is 1.87. The number of benzene rings is 2. The summed E-state index contributed by atoms with van der Waals surface area (Å²) in [5.41, 5.74) is 2.47. The molecule has 138 valence electrons. The quantitative estimate of drug-likeness (QED) is 0.572. The van der Waals surface area contributed by atoms with Gasteiger partial charge in [-0.1, -0.05) is 24.3 Å². The van der Waals surface area contributed by atoms with E-state index in [4.69, 9.17) is 0 Å². The molecule has 0 spiro atoms. The Labute approximate surface area is 156 Å². The molecule has 4 nitrogen and oxygen atoms in total. The highest BCUT2D eigenvalue weighted by atomic mass is 32.2. The minimum Gasteiger partial charge on any atom is -0.369 e. The minimum absolute atomic E-state index is 0.350. The Hall–Kier alpha value is -2.14. The molecule has 1 atom stereocenters. The third kappa shape index (κ3) is 4.15. The molecular formula is C21H26N2O2S. The molecule has 0 saturated heterocycles. The maximum Gasteiger partial charge on any atom is 0.206 e. The second-order valence-corrected chi connectivity index (χ2v) is 8.99. The monoisotopic (exact) mass is 370 g/mol. The molecule has 0 radical (unpaired) electrons. The van der Waals surface area contributed by atoms with Gasteiger partial charge in [0.1, 0.15) is 0 Å². The number of hydrogen-bond donors (Lipinski definition) is 0. The molecule has 0 N–H and O–H groups in total. The maximum atomic E-state index is 12.9. The summed E-state index contributed by atoms with van der Waals surface area (Å²) < 4.78 is 25.9. The molecule has 1 unspecified atom stereocenters. The summed E-state index contributed by atoms with van der Waals surface area (Å²) in [4.78, 5) is 7.11. The fourth-order valence-electron chi connectivity index (χ4n) is 3.53. The van der Waals surface area contributed by atoms with Crippen molar-refractivity contribution < 1.29 is 8.42 Å². The summed E-state index contributed by atoms with van der Waals surface area (Å²) in [6.07, 6.45) is 6.06. The lowest BCUT2D eigenvalue weighted by Crippen LogP contribution is -2.13. The Bertz CT molecular complexity index is 874. The van der Waals surface area contributed by atoms with Gasteiger partial charge < -0.3 is 4.90 Å². The molecule has 0 bridgehead atoms. The van der Waals surface area contributed by atoms with Crippen LogP contribution in [0.2, 0.25) is 0 Å². The highest BCUT2D eigenvalue weighted by Gasteiger charge is 2.24. The summed E-state index contributed by atoms with van der Waals surface area (Å²) in [5.74, 6) is 0.379. The molecule has 1 aliphatic carbocycles. The lowest BCUT2D eigenvalue weighted by atomic mass is 9.81. The van der Waals surface area contributed by atoms with E-state index in [1.54, 1.807) is 30.3 Å². The first kappa shape index (κ1) is 18.6. The molecular weight excluding hydrogens is 344 g/mol. The van der Waals surface area contributed by atoms with Gasteiger partial charge in [-0.3, -0.25) is 4.99 Å². The molecule has 0 heterocycles. The fraction of sp³-hybridized carbons (Fsp3) is 0.381. The Morgan fingerprint density at radius 2 is 1.88 bits per heavy atom. The van der Waals surface area contributed by atoms with Gasteiger partial charge in [-0.25, -0.2) is 8.42 Å². The smallest absolute Gasteiger partial charge is 0.206 e. The Kier molecular flexibility index (Phi) is 5.77. The van der Waals surface area contributed by atoms with E-state index < -0.39 is 9.84 Å². The van der Waals surface area contributed by atoms with Crippen LogP contribution >= 0.6 is 0 Å². The average Bonchev–Trinajstić information content (AvgIpc) is 2.65. The first-order valence-electron chi connectivity index (χ1n) is 9.08. The van der Waals surface area contributed by atoms with E-state index in [1.165, 1.54) is 11.1 Å². The standard InChI is InChI=1S/C21H26N2O2S/c1-23(2)16-22-14-13-18-8-6-7-17-11-12-20(15-21(17)18)26(24,25)19-9-4-3-5-10-19/h3-5,9-12,15-16,18H,6-8,13-14H2,1-2H3. The van der Waals surface area contributed by atoms with Crippen LogP contribution in [0.5, 0.6) is 0 Å². The molecule has 1 aliphatic rings. The fourth-order valence-corrected chi connectivity index (χ4v) is 4.85. The van der Waals surface area contributed by atoms with Crippen LogP contribution in [0.4, 0.5) is 0 Å². The summed E-state index contributed by atoms with van der Waals surface area (Å²) in [6.45, 7) is 0.762. The Morgan fingerprint density at radius 1 is 1.12 bits per heavy atom. The van der Waals surface area contributed by atoms with Gasteiger partial charge in [-0.05, 0) is 67.0 Å². The van der Waals surface area contributed by atoms with Crippen molar-refractivity contribution >= 4 is 16.2 Å². The van der Waals surface area contributed by atoms with E-state index in [9.17, 15) is 8.42 Å². The van der Waals surface area contributed by atoms with Gasteiger partial charge in [-0.2, -0.15) is 0 Å². The second-order valence-electron chi connectivity index (χ2n) is 7.04. The van der Waals surface area contributed by atoms with Crippen molar-refractivity contribution in [1.82, 2.24) is 4.90 Å². The van der Waals surface area contributed by atoms with E-state index in [-0.39, 0.29) is 0 Å². The van der Waals surface area contributed by atoms with E-state index in [1.807, 2.05) is 43.5 Å². The molecule has 3 rings (SSSR count). The van der Waals surface area contributed by atoms with Crippen LogP contribution in [0.3, 0.4) is 0 Å². The molecule has 2 aromatic carbocycles. The Morgan fingerprint density at radius 3 is 2.62 bits per heavy atom. The molecule has 0 aromatic heterocycles. The summed E-state index contributed by atoms with van der Waals surface area (Å²) in [6, 6.07) is 14.3. The van der Waals surface area contributed by atoms with Crippen molar-refractivity contribution in [3.05, 3.63) is 59.7 Å². The highest BCUT2D eigenvalue weighted by Crippen LogP contribution is 2.36. The zero-order valence-electron chi connectivity index (χ0n) is 15.4. The molecule has 2 aromatic rings. The number of rotatable bonds is 6. The first-order valence-corrected chi connectivity index (χ1v) is 10.6. The number of hydrogen-bond acceptors (Lipinski definition) is 3. The van der Waals surface area contributed by atoms with Gasteiger partial charge in [0.25, 0.3) is 0 Å². The lowest BCUT2D eigenvalue weighted by molar-refractivity contribution is 0.523. The van der Waals surface area contributed by atoms with Crippen molar-refractivity contribution in [3.63, 3.8) is 0 Å². The number of nitrogens with zero attached hydrogens (tertiary/aromatic N) is 2. The van der Waals surface area contributed by atoms with Crippen LogP contribution in [0.25, 0.3) is 0 Å². The molecule has 0 saturated carbocycles. The molecule has 0 fully saturated rings. The molecule has 0 aliphatic heterocycles. The van der Waals surface area contributed by atoms with E-state index in [0.717, 1.165) is 32.2 Å². The topological polar surface area (TPSA) is 49.7 Å². The van der Waals surface area contributed by atoms with Crippen molar-refractivity contribution in [2.24, 2.45) is 4.99 Å². The van der Waals surface area contributed by atoms with Crippen molar-refractivity contribution in [2.75, 3.05) is 20.6 Å². The first-order chi connectivity index (χ1) is 12.5. The predicted octanol–water partition coefficient (Wildman–Crippen LogP) is 3.92. The summed E-state index contributed by atoms with van der Waals surface area (Å²) >= 11 is 0. The predicted molar refractivity (Wildman–Crippen MR) is 106 cm³/mol. The van der Waals surface area contributed by atoms with Crippen LogP contribution in [0.15, 0.2) is 63.3 Å². The van der Waals surface area contributed by atoms with Gasteiger partial charge in [0.05, 0.1) is 16.1 Å². The van der Waals surface area contributed by atoms with Crippen molar-refractivity contribution in [2.45, 2.75) is 41.4 Å². The van der Waals surface area contributed by atoms with Gasteiger partial charge in [-0.15, -0.1) is 0 Å². The molecule has 26 heavy (non-hydrogen) atoms. The van der Waals surface area contributed by atoms with Gasteiger partial charge in [0, 0.05) is 20.6 Å². The van der Waals surface area contributed by atoms with Crippen LogP contribution in [0.1, 0.15) is 36.3 Å². The van der Waals surface area contributed by atoms with Crippen LogP contribution in [-0.2, 0) is 16.3 Å². The van der Waals surface area contributed by atoms with Gasteiger partial charge in [0.15, 0.2) is 0 Å². The second kappa shape index (κ2) is 8.04. The van der Waals surface area contributed by atoms with E-state index in [0.29, 0.717) is 15.7 Å². The number of sulfone groups is 1. The average molecular weight is 371 g/mol. The lowest BCUT2D eigenvalue weighted by Gasteiger charge is -2.26. The summed E-state index contributed by atoms with van der Waals surface area (Å²) in [5, 5.41) is 0. The zero-order chi connectivity index (χ0) is 18.6. The largest absolute Gasteiger partial charge is 0.369 e. The highest BCUT2D eigenvalue weighted by molar-refractivity contribution is 7.91. The number of aliphatic imine (C=N–C) groups is 1. The number of fused-ring (bicyclic) bond motifs is 1. The molecule has 0 amide bonds. The van der Waals surface area contributed by atoms with Crippen molar-refractivity contribution in [1.29, 1.82) is 0 Å². The number of aryl methyl sites for hydroxylation is 1. The van der Waals surface area contributed by atoms with Gasteiger partial charge in [0.2, 0.25) is 9.84 Å². The van der Waals surface area contributed by atoms with E-state index >= 15 is 0 Å². The normalized spacial score (nSPS) is 17.2. The van der Waals surface area contributed by atoms with Crippen LogP contribution < -0.4 is 0 Å². The SMILES string of the molecule is CN(C)C=NCCC1CCCc2ccc(S(=O)(=O)c3ccccc3)cc21. The third-order valence-corrected chi connectivity index (χ3v) is 6.61. The van der Waals surface area contributed by atoms with Gasteiger partial charge >= 0.3 is 0 Å². The van der Waals surface area contributed by atoms with Crippen LogP contribution in [0, 0.1) is 0 Å². The zero-order valence-corrected chi connectivity index (χ0v) is 16.2. The van der Waals surface area contributed by atoms with Crippen LogP contribution in [-0.4, -0.2) is 40.3 Å². The third-order valence-electron chi connectivity index (χ3n) is 4.84. The van der Waals surface area contributed by atoms with Crippen molar-refractivity contribution in [3.8, 4) is 0 Å². The molecule has 5 heteroatoms.